The third-order valence-electron chi connectivity index (χ3n) is 4.13. The Morgan fingerprint density at radius 3 is 2.48 bits per heavy atom. The smallest absolute Gasteiger partial charge is 0.240 e. The molecule has 9 heteroatoms. The Labute approximate surface area is 161 Å². The molecule has 154 valence electrons. The van der Waals surface area contributed by atoms with Gasteiger partial charge in [-0.25, -0.2) is 13.1 Å². The molecule has 0 radical (unpaired) electrons. The van der Waals surface area contributed by atoms with Crippen molar-refractivity contribution < 1.29 is 27.8 Å². The second-order valence-electron chi connectivity index (χ2n) is 6.14. The van der Waals surface area contributed by atoms with E-state index in [0.29, 0.717) is 24.5 Å². The van der Waals surface area contributed by atoms with Crippen molar-refractivity contribution in [3.63, 3.8) is 0 Å². The van der Waals surface area contributed by atoms with Gasteiger partial charge in [0.25, 0.3) is 0 Å². The van der Waals surface area contributed by atoms with E-state index in [1.54, 1.807) is 0 Å². The summed E-state index contributed by atoms with van der Waals surface area (Å²) in [5.74, 6) is 0.737. The molecule has 0 bridgehead atoms. The lowest BCUT2D eigenvalue weighted by Gasteiger charge is -2.15. The first-order valence-electron chi connectivity index (χ1n) is 8.97. The normalized spacial score (nSPS) is 12.4. The molecule has 0 aliphatic heterocycles. The molecule has 0 saturated carbocycles. The van der Waals surface area contributed by atoms with Crippen molar-refractivity contribution in [3.8, 4) is 11.5 Å². The zero-order valence-corrected chi connectivity index (χ0v) is 17.0. The van der Waals surface area contributed by atoms with Gasteiger partial charge in [0.2, 0.25) is 15.9 Å². The maximum Gasteiger partial charge on any atom is 0.240 e. The summed E-state index contributed by atoms with van der Waals surface area (Å²) >= 11 is 0. The predicted molar refractivity (Wildman–Crippen MR) is 102 cm³/mol. The summed E-state index contributed by atoms with van der Waals surface area (Å²) in [6.45, 7) is 2.61. The SMILES string of the molecule is CCCC(CCO)CNC(=O)CCNS(=O)(=O)c1ccc(OC)c(OC)c1. The van der Waals surface area contributed by atoms with E-state index in [9.17, 15) is 13.2 Å². The van der Waals surface area contributed by atoms with E-state index < -0.39 is 10.0 Å². The first kappa shape index (κ1) is 23.2. The number of hydrogen-bond donors (Lipinski definition) is 3. The lowest BCUT2D eigenvalue weighted by molar-refractivity contribution is -0.121. The summed E-state index contributed by atoms with van der Waals surface area (Å²) in [4.78, 5) is 12.0. The number of amides is 1. The van der Waals surface area contributed by atoms with Crippen molar-refractivity contribution in [2.45, 2.75) is 37.5 Å². The Balaban J connectivity index is 2.53. The molecule has 1 unspecified atom stereocenters. The minimum atomic E-state index is -3.76. The van der Waals surface area contributed by atoms with Crippen LogP contribution in [0.15, 0.2) is 23.1 Å². The summed E-state index contributed by atoms with van der Waals surface area (Å²) in [6.07, 6.45) is 2.57. The molecule has 1 rings (SSSR count). The molecular formula is C18H30N2O6S. The first-order valence-corrected chi connectivity index (χ1v) is 10.5. The average molecular weight is 403 g/mol. The molecule has 1 atom stereocenters. The van der Waals surface area contributed by atoms with E-state index >= 15 is 0 Å². The molecule has 1 amide bonds. The van der Waals surface area contributed by atoms with E-state index in [2.05, 4.69) is 17.0 Å². The summed E-state index contributed by atoms with van der Waals surface area (Å²) in [6, 6.07) is 4.29. The number of carbonyl (C=O) groups is 1. The molecule has 3 N–H and O–H groups in total. The maximum atomic E-state index is 12.4. The highest BCUT2D eigenvalue weighted by Gasteiger charge is 2.17. The van der Waals surface area contributed by atoms with Gasteiger partial charge in [0, 0.05) is 32.2 Å². The molecule has 0 heterocycles. The number of aliphatic hydroxyl groups is 1. The quantitative estimate of drug-likeness (QED) is 0.458. The second-order valence-corrected chi connectivity index (χ2v) is 7.90. The number of methoxy groups -OCH3 is 2. The van der Waals surface area contributed by atoms with Crippen LogP contribution in [0.25, 0.3) is 0 Å². The number of benzene rings is 1. The number of ether oxygens (including phenoxy) is 2. The van der Waals surface area contributed by atoms with E-state index in [0.717, 1.165) is 12.8 Å². The first-order chi connectivity index (χ1) is 12.9. The van der Waals surface area contributed by atoms with Crippen molar-refractivity contribution >= 4 is 15.9 Å². The highest BCUT2D eigenvalue weighted by atomic mass is 32.2. The number of nitrogens with one attached hydrogen (secondary N) is 2. The summed E-state index contributed by atoms with van der Waals surface area (Å²) in [7, 11) is -0.869. The standard InChI is InChI=1S/C18H30N2O6S/c1-4-5-14(9-11-21)13-19-18(22)8-10-20-27(23,24)15-6-7-16(25-2)17(12-15)26-3/h6-7,12,14,20-21H,4-5,8-11,13H2,1-3H3,(H,19,22). The fourth-order valence-electron chi connectivity index (χ4n) is 2.65. The molecule has 0 aliphatic carbocycles. The summed E-state index contributed by atoms with van der Waals surface area (Å²) in [5, 5.41) is 11.8. The van der Waals surface area contributed by atoms with Crippen molar-refractivity contribution in [3.05, 3.63) is 18.2 Å². The van der Waals surface area contributed by atoms with Crippen molar-refractivity contribution in [1.29, 1.82) is 0 Å². The van der Waals surface area contributed by atoms with Gasteiger partial charge in [-0.05, 0) is 30.9 Å². The van der Waals surface area contributed by atoms with Crippen LogP contribution >= 0.6 is 0 Å². The molecule has 1 aromatic carbocycles. The fourth-order valence-corrected chi connectivity index (χ4v) is 3.70. The van der Waals surface area contributed by atoms with Gasteiger partial charge < -0.3 is 19.9 Å². The monoisotopic (exact) mass is 402 g/mol. The van der Waals surface area contributed by atoms with E-state index in [1.807, 2.05) is 0 Å². The fraction of sp³-hybridized carbons (Fsp3) is 0.611. The van der Waals surface area contributed by atoms with Crippen molar-refractivity contribution in [2.24, 2.45) is 5.92 Å². The Bertz CT molecular complexity index is 687. The number of carbonyl (C=O) groups excluding carboxylic acids is 1. The third kappa shape index (κ3) is 7.74. The van der Waals surface area contributed by atoms with Crippen LogP contribution in [-0.2, 0) is 14.8 Å². The number of aliphatic hydroxyl groups excluding tert-OH is 1. The lowest BCUT2D eigenvalue weighted by atomic mass is 10.0. The summed E-state index contributed by atoms with van der Waals surface area (Å²) < 4.78 is 37.3. The van der Waals surface area contributed by atoms with Gasteiger partial charge in [-0.15, -0.1) is 0 Å². The molecule has 0 spiro atoms. The largest absolute Gasteiger partial charge is 0.493 e. The van der Waals surface area contributed by atoms with Crippen LogP contribution in [-0.4, -0.2) is 53.3 Å². The van der Waals surface area contributed by atoms with Gasteiger partial charge >= 0.3 is 0 Å². The van der Waals surface area contributed by atoms with Crippen LogP contribution < -0.4 is 19.5 Å². The Hall–Kier alpha value is -1.84. The van der Waals surface area contributed by atoms with Crippen LogP contribution in [0.3, 0.4) is 0 Å². The highest BCUT2D eigenvalue weighted by molar-refractivity contribution is 7.89. The van der Waals surface area contributed by atoms with Crippen LogP contribution in [0.4, 0.5) is 0 Å². The van der Waals surface area contributed by atoms with Gasteiger partial charge in [0.15, 0.2) is 11.5 Å². The summed E-state index contributed by atoms with van der Waals surface area (Å²) in [5.41, 5.74) is 0. The molecular weight excluding hydrogens is 372 g/mol. The zero-order chi connectivity index (χ0) is 20.3. The molecule has 0 aliphatic rings. The molecule has 0 aromatic heterocycles. The van der Waals surface area contributed by atoms with Gasteiger partial charge in [0.05, 0.1) is 19.1 Å². The molecule has 8 nitrogen and oxygen atoms in total. The van der Waals surface area contributed by atoms with Gasteiger partial charge in [0.1, 0.15) is 0 Å². The molecule has 0 saturated heterocycles. The van der Waals surface area contributed by atoms with Crippen LogP contribution in [0.5, 0.6) is 11.5 Å². The van der Waals surface area contributed by atoms with Gasteiger partial charge in [-0.1, -0.05) is 13.3 Å². The second kappa shape index (κ2) is 11.8. The zero-order valence-electron chi connectivity index (χ0n) is 16.2. The number of sulfonamides is 1. The topological polar surface area (TPSA) is 114 Å². The average Bonchev–Trinajstić information content (AvgIpc) is 2.65. The van der Waals surface area contributed by atoms with E-state index in [4.69, 9.17) is 14.6 Å². The molecule has 1 aromatic rings. The van der Waals surface area contributed by atoms with Gasteiger partial charge in [-0.3, -0.25) is 4.79 Å². The third-order valence-corrected chi connectivity index (χ3v) is 5.59. The minimum absolute atomic E-state index is 0.0129. The lowest BCUT2D eigenvalue weighted by Crippen LogP contribution is -2.33. The van der Waals surface area contributed by atoms with Gasteiger partial charge in [-0.2, -0.15) is 0 Å². The van der Waals surface area contributed by atoms with E-state index in [-0.39, 0.29) is 36.3 Å². The maximum absolute atomic E-state index is 12.4. The predicted octanol–water partition coefficient (Wildman–Crippen LogP) is 1.29. The minimum Gasteiger partial charge on any atom is -0.493 e. The Kier molecular flexibility index (Phi) is 10.1. The van der Waals surface area contributed by atoms with Crippen LogP contribution in [0, 0.1) is 5.92 Å². The van der Waals surface area contributed by atoms with Crippen LogP contribution in [0.2, 0.25) is 0 Å². The Morgan fingerprint density at radius 2 is 1.89 bits per heavy atom. The molecule has 27 heavy (non-hydrogen) atoms. The molecule has 0 fully saturated rings. The van der Waals surface area contributed by atoms with E-state index in [1.165, 1.54) is 32.4 Å². The van der Waals surface area contributed by atoms with Crippen molar-refractivity contribution in [1.82, 2.24) is 10.0 Å². The van der Waals surface area contributed by atoms with Crippen molar-refractivity contribution in [2.75, 3.05) is 33.9 Å². The van der Waals surface area contributed by atoms with Crippen LogP contribution in [0.1, 0.15) is 32.6 Å². The highest BCUT2D eigenvalue weighted by Crippen LogP contribution is 2.29. The number of rotatable bonds is 13. The number of hydrogen-bond acceptors (Lipinski definition) is 6. The Morgan fingerprint density at radius 1 is 1.19 bits per heavy atom.